The molecule has 108 valence electrons. The average Bonchev–Trinajstić information content (AvgIpc) is 2.97. The second-order valence-electron chi connectivity index (χ2n) is 4.98. The van der Waals surface area contributed by atoms with E-state index in [0.717, 1.165) is 5.76 Å². The lowest BCUT2D eigenvalue weighted by atomic mass is 10.3. The summed E-state index contributed by atoms with van der Waals surface area (Å²) in [5.41, 5.74) is 0. The molecule has 0 saturated heterocycles. The summed E-state index contributed by atoms with van der Waals surface area (Å²) in [7, 11) is 3.88. The smallest absolute Gasteiger partial charge is 0.287 e. The summed E-state index contributed by atoms with van der Waals surface area (Å²) < 4.78 is 5.50. The first-order chi connectivity index (χ1) is 9.45. The van der Waals surface area contributed by atoms with Gasteiger partial charge in [0.05, 0.1) is 12.6 Å². The number of carbonyl (C=O) groups is 1. The molecule has 0 aliphatic rings. The molecule has 1 amide bonds. The van der Waals surface area contributed by atoms with E-state index in [2.05, 4.69) is 20.5 Å². The first-order valence-corrected chi connectivity index (χ1v) is 6.39. The molecular weight excluding hydrogens is 258 g/mol. The lowest BCUT2D eigenvalue weighted by Crippen LogP contribution is -2.27. The van der Waals surface area contributed by atoms with Crippen LogP contribution >= 0.6 is 0 Å². The minimum atomic E-state index is -0.283. The maximum absolute atomic E-state index is 12.1. The van der Waals surface area contributed by atoms with Crippen LogP contribution in [-0.2, 0) is 6.54 Å². The van der Waals surface area contributed by atoms with Crippen molar-refractivity contribution in [2.45, 2.75) is 26.4 Å². The second-order valence-corrected chi connectivity index (χ2v) is 4.98. The van der Waals surface area contributed by atoms with Crippen LogP contribution in [-0.4, -0.2) is 40.1 Å². The van der Waals surface area contributed by atoms with Crippen LogP contribution in [0.25, 0.3) is 0 Å². The Hall–Kier alpha value is -2.15. The molecule has 1 atom stereocenters. The number of carbonyl (C=O) groups excluding carboxylic acids is 1. The van der Waals surface area contributed by atoms with E-state index in [1.807, 2.05) is 32.8 Å². The molecule has 2 rings (SSSR count). The first kappa shape index (κ1) is 14.3. The fraction of sp³-hybridized carbons (Fsp3) is 0.462. The van der Waals surface area contributed by atoms with Crippen molar-refractivity contribution >= 4 is 5.91 Å². The van der Waals surface area contributed by atoms with E-state index >= 15 is 0 Å². The molecule has 0 saturated carbocycles. The predicted molar refractivity (Wildman–Crippen MR) is 73.1 cm³/mol. The van der Waals surface area contributed by atoms with Crippen molar-refractivity contribution in [2.24, 2.45) is 0 Å². The van der Waals surface area contributed by atoms with Gasteiger partial charge in [0.15, 0.2) is 11.6 Å². The number of furan rings is 1. The molecule has 7 heteroatoms. The number of rotatable bonds is 5. The highest BCUT2D eigenvalue weighted by molar-refractivity contribution is 5.91. The van der Waals surface area contributed by atoms with Crippen molar-refractivity contribution in [3.63, 3.8) is 0 Å². The predicted octanol–water partition coefficient (Wildman–Crippen LogP) is 1.26. The van der Waals surface area contributed by atoms with Crippen LogP contribution in [0.1, 0.15) is 40.9 Å². The minimum Gasteiger partial charge on any atom is -0.455 e. The Labute approximate surface area is 117 Å². The zero-order chi connectivity index (χ0) is 14.7. The van der Waals surface area contributed by atoms with E-state index in [9.17, 15) is 4.79 Å². The molecule has 20 heavy (non-hydrogen) atoms. The number of nitrogens with zero attached hydrogens (tertiary/aromatic N) is 3. The standard InChI is InChI=1S/C13H19N5O2/c1-8(12-15-9(2)16-17-12)14-13(19)11-6-5-10(20-11)7-18(3)4/h5-6,8H,7H2,1-4H3,(H,14,19)(H,15,16,17)/t8-/m0/s1. The normalized spacial score (nSPS) is 12.7. The summed E-state index contributed by atoms with van der Waals surface area (Å²) in [6, 6.07) is 3.19. The van der Waals surface area contributed by atoms with Gasteiger partial charge in [0.1, 0.15) is 11.6 Å². The van der Waals surface area contributed by atoms with Crippen LogP contribution < -0.4 is 5.32 Å². The van der Waals surface area contributed by atoms with Crippen LogP contribution in [0.3, 0.4) is 0 Å². The molecule has 0 spiro atoms. The van der Waals surface area contributed by atoms with Gasteiger partial charge in [-0.15, -0.1) is 0 Å². The van der Waals surface area contributed by atoms with Crippen molar-refractivity contribution in [3.05, 3.63) is 35.3 Å². The third-order valence-electron chi connectivity index (χ3n) is 2.71. The maximum Gasteiger partial charge on any atom is 0.287 e. The molecule has 0 radical (unpaired) electrons. The molecule has 2 aromatic heterocycles. The second kappa shape index (κ2) is 5.87. The van der Waals surface area contributed by atoms with Crippen molar-refractivity contribution in [3.8, 4) is 0 Å². The summed E-state index contributed by atoms with van der Waals surface area (Å²) in [6.45, 7) is 4.29. The van der Waals surface area contributed by atoms with Gasteiger partial charge in [-0.1, -0.05) is 0 Å². The number of hydrogen-bond donors (Lipinski definition) is 2. The molecule has 0 unspecified atom stereocenters. The van der Waals surface area contributed by atoms with Crippen molar-refractivity contribution in [1.82, 2.24) is 25.4 Å². The third kappa shape index (κ3) is 3.45. The van der Waals surface area contributed by atoms with Gasteiger partial charge in [0.2, 0.25) is 0 Å². The molecular formula is C13H19N5O2. The van der Waals surface area contributed by atoms with Crippen molar-refractivity contribution < 1.29 is 9.21 Å². The van der Waals surface area contributed by atoms with Crippen LogP contribution in [0.5, 0.6) is 0 Å². The largest absolute Gasteiger partial charge is 0.455 e. The van der Waals surface area contributed by atoms with Gasteiger partial charge < -0.3 is 14.6 Å². The molecule has 0 aromatic carbocycles. The van der Waals surface area contributed by atoms with Crippen LogP contribution in [0, 0.1) is 6.92 Å². The molecule has 2 N–H and O–H groups in total. The van der Waals surface area contributed by atoms with E-state index in [1.165, 1.54) is 0 Å². The molecule has 2 aromatic rings. The Balaban J connectivity index is 1.99. The Kier molecular flexibility index (Phi) is 4.19. The monoisotopic (exact) mass is 277 g/mol. The quantitative estimate of drug-likeness (QED) is 0.859. The zero-order valence-corrected chi connectivity index (χ0v) is 12.1. The van der Waals surface area contributed by atoms with Gasteiger partial charge in [-0.2, -0.15) is 5.10 Å². The third-order valence-corrected chi connectivity index (χ3v) is 2.71. The van der Waals surface area contributed by atoms with Gasteiger partial charge in [0.25, 0.3) is 5.91 Å². The summed E-state index contributed by atoms with van der Waals surface area (Å²) in [6.07, 6.45) is 0. The lowest BCUT2D eigenvalue weighted by molar-refractivity contribution is 0.0907. The summed E-state index contributed by atoms with van der Waals surface area (Å²) >= 11 is 0. The highest BCUT2D eigenvalue weighted by atomic mass is 16.4. The van der Waals surface area contributed by atoms with E-state index < -0.39 is 0 Å². The molecule has 7 nitrogen and oxygen atoms in total. The number of aromatic amines is 1. The topological polar surface area (TPSA) is 87.1 Å². The lowest BCUT2D eigenvalue weighted by Gasteiger charge is -2.09. The van der Waals surface area contributed by atoms with Crippen LogP contribution in [0.4, 0.5) is 0 Å². The van der Waals surface area contributed by atoms with Gasteiger partial charge in [0, 0.05) is 0 Å². The van der Waals surface area contributed by atoms with Gasteiger partial charge >= 0.3 is 0 Å². The zero-order valence-electron chi connectivity index (χ0n) is 12.1. The fourth-order valence-corrected chi connectivity index (χ4v) is 1.78. The molecule has 0 fully saturated rings. The van der Waals surface area contributed by atoms with Crippen molar-refractivity contribution in [2.75, 3.05) is 14.1 Å². The molecule has 0 aliphatic carbocycles. The number of nitrogens with one attached hydrogen (secondary N) is 2. The highest BCUT2D eigenvalue weighted by Gasteiger charge is 2.17. The Morgan fingerprint density at radius 1 is 1.50 bits per heavy atom. The van der Waals surface area contributed by atoms with Gasteiger partial charge in [-0.25, -0.2) is 4.98 Å². The summed E-state index contributed by atoms with van der Waals surface area (Å²) in [5.74, 6) is 2.04. The average molecular weight is 277 g/mol. The maximum atomic E-state index is 12.1. The van der Waals surface area contributed by atoms with E-state index in [0.29, 0.717) is 24.0 Å². The Bertz CT molecular complexity index is 587. The number of aromatic nitrogens is 3. The van der Waals surface area contributed by atoms with Crippen LogP contribution in [0.15, 0.2) is 16.5 Å². The van der Waals surface area contributed by atoms with Crippen LogP contribution in [0.2, 0.25) is 0 Å². The number of hydrogen-bond acceptors (Lipinski definition) is 5. The molecule has 0 aliphatic heterocycles. The number of H-pyrrole nitrogens is 1. The van der Waals surface area contributed by atoms with E-state index in [4.69, 9.17) is 4.42 Å². The number of amides is 1. The Morgan fingerprint density at radius 2 is 2.25 bits per heavy atom. The minimum absolute atomic E-state index is 0.273. The SMILES string of the molecule is Cc1nc([C@H](C)NC(=O)c2ccc(CN(C)C)o2)n[nH]1. The Morgan fingerprint density at radius 3 is 2.85 bits per heavy atom. The van der Waals surface area contributed by atoms with E-state index in [1.54, 1.807) is 12.1 Å². The summed E-state index contributed by atoms with van der Waals surface area (Å²) in [5, 5.41) is 9.57. The van der Waals surface area contributed by atoms with Gasteiger partial charge in [-0.3, -0.25) is 9.89 Å². The first-order valence-electron chi connectivity index (χ1n) is 6.39. The fourth-order valence-electron chi connectivity index (χ4n) is 1.78. The molecule has 2 heterocycles. The van der Waals surface area contributed by atoms with Crippen molar-refractivity contribution in [1.29, 1.82) is 0 Å². The van der Waals surface area contributed by atoms with E-state index in [-0.39, 0.29) is 11.9 Å². The van der Waals surface area contributed by atoms with Gasteiger partial charge in [-0.05, 0) is 40.1 Å². The summed E-state index contributed by atoms with van der Waals surface area (Å²) in [4.78, 5) is 18.2. The number of aryl methyl sites for hydroxylation is 1. The highest BCUT2D eigenvalue weighted by Crippen LogP contribution is 2.12. The molecule has 0 bridgehead atoms.